The zero-order valence-electron chi connectivity index (χ0n) is 12.4. The zero-order chi connectivity index (χ0) is 16.3. The zero-order valence-corrected chi connectivity index (χ0v) is 13.2. The monoisotopic (exact) mass is 329 g/mol. The Balaban J connectivity index is 1.69. The predicted octanol–water partition coefficient (Wildman–Crippen LogP) is 2.52. The molecule has 0 radical (unpaired) electrons. The Morgan fingerprint density at radius 2 is 1.74 bits per heavy atom. The van der Waals surface area contributed by atoms with Crippen LogP contribution in [0.15, 0.2) is 64.3 Å². The van der Waals surface area contributed by atoms with E-state index in [0.717, 1.165) is 16.7 Å². The summed E-state index contributed by atoms with van der Waals surface area (Å²) in [5.74, 6) is 0.497. The van der Waals surface area contributed by atoms with Crippen LogP contribution in [-0.2, 0) is 16.6 Å². The molecule has 1 N–H and O–H groups in total. The summed E-state index contributed by atoms with van der Waals surface area (Å²) in [6, 6.07) is 14.0. The van der Waals surface area contributed by atoms with Crippen molar-refractivity contribution in [3.8, 4) is 11.4 Å². The van der Waals surface area contributed by atoms with Crippen LogP contribution in [0.3, 0.4) is 0 Å². The quantitative estimate of drug-likeness (QED) is 0.777. The molecule has 0 atom stereocenters. The molecule has 6 nitrogen and oxygen atoms in total. The fourth-order valence-corrected chi connectivity index (χ4v) is 3.07. The molecule has 1 heterocycles. The molecule has 1 aromatic heterocycles. The van der Waals surface area contributed by atoms with Crippen molar-refractivity contribution in [1.82, 2.24) is 14.9 Å². The molecular formula is C16H15N3O3S. The molecule has 0 unspecified atom stereocenters. The van der Waals surface area contributed by atoms with Gasteiger partial charge in [0.1, 0.15) is 0 Å². The summed E-state index contributed by atoms with van der Waals surface area (Å²) in [4.78, 5) is 4.21. The van der Waals surface area contributed by atoms with Gasteiger partial charge in [-0.05, 0) is 24.6 Å². The van der Waals surface area contributed by atoms with E-state index in [2.05, 4.69) is 14.9 Å². The van der Waals surface area contributed by atoms with Gasteiger partial charge in [-0.15, -0.1) is 0 Å². The summed E-state index contributed by atoms with van der Waals surface area (Å²) in [7, 11) is -3.52. The van der Waals surface area contributed by atoms with E-state index in [0.29, 0.717) is 5.82 Å². The second-order valence-corrected chi connectivity index (χ2v) is 6.86. The number of aromatic nitrogens is 2. The number of benzene rings is 2. The minimum atomic E-state index is -3.52. The first-order chi connectivity index (χ1) is 11.0. The first-order valence-corrected chi connectivity index (χ1v) is 8.45. The van der Waals surface area contributed by atoms with E-state index in [4.69, 9.17) is 4.52 Å². The van der Waals surface area contributed by atoms with Crippen LogP contribution in [0.1, 0.15) is 11.1 Å². The summed E-state index contributed by atoms with van der Waals surface area (Å²) >= 11 is 0. The Morgan fingerprint density at radius 1 is 1.04 bits per heavy atom. The molecule has 0 aliphatic heterocycles. The van der Waals surface area contributed by atoms with Crippen molar-refractivity contribution in [2.45, 2.75) is 18.4 Å². The highest BCUT2D eigenvalue weighted by Gasteiger charge is 2.13. The molecule has 3 aromatic rings. The molecule has 2 aromatic carbocycles. The lowest BCUT2D eigenvalue weighted by atomic mass is 10.1. The van der Waals surface area contributed by atoms with Crippen LogP contribution in [0, 0.1) is 6.92 Å². The van der Waals surface area contributed by atoms with Crippen LogP contribution in [0.4, 0.5) is 0 Å². The van der Waals surface area contributed by atoms with Crippen molar-refractivity contribution in [2.24, 2.45) is 0 Å². The van der Waals surface area contributed by atoms with Gasteiger partial charge in [0.15, 0.2) is 0 Å². The Kier molecular flexibility index (Phi) is 4.22. The Bertz CT molecular complexity index is 871. The molecule has 0 saturated heterocycles. The number of nitrogens with zero attached hydrogens (tertiary/aromatic N) is 2. The van der Waals surface area contributed by atoms with Gasteiger partial charge in [0, 0.05) is 12.1 Å². The highest BCUT2D eigenvalue weighted by atomic mass is 32.2. The molecule has 0 amide bonds. The number of hydrogen-bond donors (Lipinski definition) is 1. The van der Waals surface area contributed by atoms with E-state index >= 15 is 0 Å². The van der Waals surface area contributed by atoms with Gasteiger partial charge in [-0.3, -0.25) is 0 Å². The minimum Gasteiger partial charge on any atom is -0.342 e. The molecule has 0 saturated carbocycles. The van der Waals surface area contributed by atoms with Crippen LogP contribution < -0.4 is 4.72 Å². The van der Waals surface area contributed by atoms with Crippen LogP contribution >= 0.6 is 0 Å². The summed E-state index contributed by atoms with van der Waals surface area (Å²) in [6.45, 7) is 2.12. The molecule has 7 heteroatoms. The normalized spacial score (nSPS) is 11.5. The third kappa shape index (κ3) is 3.64. The maximum atomic E-state index is 12.2. The lowest BCUT2D eigenvalue weighted by Gasteiger charge is -2.07. The van der Waals surface area contributed by atoms with Gasteiger partial charge in [0.25, 0.3) is 0 Å². The van der Waals surface area contributed by atoms with Gasteiger partial charge in [-0.2, -0.15) is 4.98 Å². The molecule has 0 bridgehead atoms. The van der Waals surface area contributed by atoms with Gasteiger partial charge in [0.05, 0.1) is 4.90 Å². The number of rotatable bonds is 5. The molecule has 3 rings (SSSR count). The number of nitrogens with one attached hydrogen (secondary N) is 1. The van der Waals surface area contributed by atoms with E-state index < -0.39 is 10.0 Å². The van der Waals surface area contributed by atoms with Crippen LogP contribution in [0.5, 0.6) is 0 Å². The Labute approximate surface area is 134 Å². The second kappa shape index (κ2) is 6.31. The van der Waals surface area contributed by atoms with Gasteiger partial charge in [-0.1, -0.05) is 47.1 Å². The lowest BCUT2D eigenvalue weighted by Crippen LogP contribution is -2.23. The highest BCUT2D eigenvalue weighted by molar-refractivity contribution is 7.89. The largest absolute Gasteiger partial charge is 0.342 e. The number of hydrogen-bond acceptors (Lipinski definition) is 5. The lowest BCUT2D eigenvalue weighted by molar-refractivity contribution is 0.419. The van der Waals surface area contributed by atoms with E-state index in [1.807, 2.05) is 31.2 Å². The topological polar surface area (TPSA) is 85.1 Å². The van der Waals surface area contributed by atoms with Crippen LogP contribution in [0.2, 0.25) is 0 Å². The van der Waals surface area contributed by atoms with Crippen molar-refractivity contribution in [2.75, 3.05) is 0 Å². The number of aryl methyl sites for hydroxylation is 1. The van der Waals surface area contributed by atoms with E-state index in [-0.39, 0.29) is 11.4 Å². The Morgan fingerprint density at radius 3 is 2.35 bits per heavy atom. The fraction of sp³-hybridized carbons (Fsp3) is 0.125. The van der Waals surface area contributed by atoms with Crippen LogP contribution in [0.25, 0.3) is 11.4 Å². The SMILES string of the molecule is Cc1ccc(S(=O)(=O)NCc2ccc(-c3ncon3)cc2)cc1. The summed E-state index contributed by atoms with van der Waals surface area (Å²) in [6.07, 6.45) is 1.26. The van der Waals surface area contributed by atoms with Gasteiger partial charge >= 0.3 is 0 Å². The van der Waals surface area contributed by atoms with Gasteiger partial charge in [0.2, 0.25) is 22.2 Å². The molecule has 0 fully saturated rings. The van der Waals surface area contributed by atoms with E-state index in [1.165, 1.54) is 6.39 Å². The van der Waals surface area contributed by atoms with Crippen molar-refractivity contribution in [1.29, 1.82) is 0 Å². The third-order valence-electron chi connectivity index (χ3n) is 3.37. The second-order valence-electron chi connectivity index (χ2n) is 5.09. The average molecular weight is 329 g/mol. The number of sulfonamides is 1. The third-order valence-corrected chi connectivity index (χ3v) is 4.79. The maximum Gasteiger partial charge on any atom is 0.240 e. The molecule has 118 valence electrons. The standard InChI is InChI=1S/C16H15N3O3S/c1-12-2-8-15(9-3-12)23(20,21)18-10-13-4-6-14(7-5-13)16-17-11-22-19-16/h2-9,11,18H,10H2,1H3. The predicted molar refractivity (Wildman–Crippen MR) is 84.9 cm³/mol. The highest BCUT2D eigenvalue weighted by Crippen LogP contribution is 2.16. The first kappa shape index (κ1) is 15.4. The maximum absolute atomic E-state index is 12.2. The summed E-state index contributed by atoms with van der Waals surface area (Å²) < 4.78 is 31.7. The molecule has 23 heavy (non-hydrogen) atoms. The Hall–Kier alpha value is -2.51. The summed E-state index contributed by atoms with van der Waals surface area (Å²) in [5, 5.41) is 3.75. The summed E-state index contributed by atoms with van der Waals surface area (Å²) in [5.41, 5.74) is 2.66. The van der Waals surface area contributed by atoms with Gasteiger partial charge < -0.3 is 4.52 Å². The van der Waals surface area contributed by atoms with Gasteiger partial charge in [-0.25, -0.2) is 13.1 Å². The van der Waals surface area contributed by atoms with Crippen LogP contribution in [-0.4, -0.2) is 18.6 Å². The molecular weight excluding hydrogens is 314 g/mol. The van der Waals surface area contributed by atoms with Crippen molar-refractivity contribution >= 4 is 10.0 Å². The fourth-order valence-electron chi connectivity index (χ4n) is 2.05. The first-order valence-electron chi connectivity index (χ1n) is 6.97. The molecule has 0 spiro atoms. The smallest absolute Gasteiger partial charge is 0.240 e. The van der Waals surface area contributed by atoms with Crippen molar-refractivity contribution < 1.29 is 12.9 Å². The molecule has 0 aliphatic carbocycles. The van der Waals surface area contributed by atoms with E-state index in [9.17, 15) is 8.42 Å². The van der Waals surface area contributed by atoms with Crippen molar-refractivity contribution in [3.05, 3.63) is 66.1 Å². The van der Waals surface area contributed by atoms with E-state index in [1.54, 1.807) is 24.3 Å². The van der Waals surface area contributed by atoms with Crippen molar-refractivity contribution in [3.63, 3.8) is 0 Å². The molecule has 0 aliphatic rings. The average Bonchev–Trinajstić information content (AvgIpc) is 3.08. The minimum absolute atomic E-state index is 0.211.